The van der Waals surface area contributed by atoms with E-state index in [0.717, 1.165) is 45.5 Å². The van der Waals surface area contributed by atoms with E-state index in [-0.39, 0.29) is 29.5 Å². The van der Waals surface area contributed by atoms with E-state index in [0.29, 0.717) is 16.1 Å². The van der Waals surface area contributed by atoms with E-state index in [1.54, 1.807) is 48.5 Å². The molecule has 0 aromatic heterocycles. The quantitative estimate of drug-likeness (QED) is 0.165. The summed E-state index contributed by atoms with van der Waals surface area (Å²) in [5.74, 6) is -1.56. The third-order valence-electron chi connectivity index (χ3n) is 7.76. The Kier molecular flexibility index (Phi) is 9.72. The van der Waals surface area contributed by atoms with Gasteiger partial charge in [-0.3, -0.25) is 4.79 Å². The van der Waals surface area contributed by atoms with Crippen LogP contribution in [0.1, 0.15) is 62.7 Å². The van der Waals surface area contributed by atoms with Crippen molar-refractivity contribution in [2.45, 2.75) is 39.5 Å². The van der Waals surface area contributed by atoms with Crippen LogP contribution in [0.5, 0.6) is 5.75 Å². The number of amides is 1. The molecule has 0 aliphatic heterocycles. The molecule has 0 fully saturated rings. The Hall–Kier alpha value is -5.08. The minimum absolute atomic E-state index is 0.0190. The Labute approximate surface area is 275 Å². The first-order valence-electron chi connectivity index (χ1n) is 14.8. The number of hydrogen-bond donors (Lipinski definition) is 2. The fourth-order valence-electron chi connectivity index (χ4n) is 5.17. The van der Waals surface area contributed by atoms with Gasteiger partial charge in [-0.2, -0.15) is 13.2 Å². The van der Waals surface area contributed by atoms with Crippen molar-refractivity contribution in [2.75, 3.05) is 5.32 Å². The zero-order valence-electron chi connectivity index (χ0n) is 25.8. The highest BCUT2D eigenvalue weighted by Gasteiger charge is 2.30. The predicted octanol–water partition coefficient (Wildman–Crippen LogP) is 10.7. The van der Waals surface area contributed by atoms with E-state index in [1.807, 2.05) is 51.1 Å². The molecule has 47 heavy (non-hydrogen) atoms. The highest BCUT2D eigenvalue weighted by atomic mass is 35.5. The Morgan fingerprint density at radius 2 is 1.51 bits per heavy atom. The van der Waals surface area contributed by atoms with Crippen molar-refractivity contribution in [3.8, 4) is 28.0 Å². The zero-order chi connectivity index (χ0) is 33.9. The summed E-state index contributed by atoms with van der Waals surface area (Å²) >= 11 is 6.15. The Morgan fingerprint density at radius 3 is 2.13 bits per heavy atom. The van der Waals surface area contributed by atoms with E-state index >= 15 is 0 Å². The molecule has 0 saturated heterocycles. The molecule has 0 heterocycles. The van der Waals surface area contributed by atoms with Crippen LogP contribution in [-0.2, 0) is 12.8 Å². The van der Waals surface area contributed by atoms with Crippen molar-refractivity contribution in [1.82, 2.24) is 0 Å². The second kappa shape index (κ2) is 13.7. The lowest BCUT2D eigenvalue weighted by Gasteiger charge is -2.18. The maximum atomic E-state index is 13.3. The van der Waals surface area contributed by atoms with Crippen LogP contribution in [0.2, 0.25) is 5.02 Å². The number of carbonyl (C=O) groups is 2. The summed E-state index contributed by atoms with van der Waals surface area (Å²) in [5, 5.41) is 13.6. The number of alkyl halides is 3. The number of carboxylic acid groups (broad SMARTS) is 1. The molecule has 5 rings (SSSR count). The maximum absolute atomic E-state index is 13.3. The molecule has 9 heteroatoms. The number of aryl methyl sites for hydroxylation is 1. The average Bonchev–Trinajstić information content (AvgIpc) is 3.05. The van der Waals surface area contributed by atoms with Gasteiger partial charge in [-0.15, -0.1) is 0 Å². The minimum Gasteiger partial charge on any atom is -0.489 e. The SMILES string of the molecule is Cc1cc(-c2ccc(C(=O)Nc3cc(C(C)C)c(-c4ccc(COc5cccc(C(F)(F)F)c5)cc4)cc3C(=O)O)cc2)ccc1Cl. The number of benzene rings is 5. The van der Waals surface area contributed by atoms with Gasteiger partial charge in [0.25, 0.3) is 5.91 Å². The molecule has 5 aromatic carbocycles. The van der Waals surface area contributed by atoms with Gasteiger partial charge in [-0.25, -0.2) is 4.79 Å². The lowest BCUT2D eigenvalue weighted by atomic mass is 9.89. The number of halogens is 4. The smallest absolute Gasteiger partial charge is 0.416 e. The van der Waals surface area contributed by atoms with Gasteiger partial charge in [0.1, 0.15) is 12.4 Å². The third kappa shape index (κ3) is 7.84. The lowest BCUT2D eigenvalue weighted by molar-refractivity contribution is -0.137. The maximum Gasteiger partial charge on any atom is 0.416 e. The van der Waals surface area contributed by atoms with Crippen LogP contribution in [0.3, 0.4) is 0 Å². The van der Waals surface area contributed by atoms with E-state index < -0.39 is 23.6 Å². The van der Waals surface area contributed by atoms with Gasteiger partial charge in [0, 0.05) is 10.6 Å². The summed E-state index contributed by atoms with van der Waals surface area (Å²) in [7, 11) is 0. The van der Waals surface area contributed by atoms with Crippen LogP contribution in [-0.4, -0.2) is 17.0 Å². The molecule has 0 saturated carbocycles. The highest BCUT2D eigenvalue weighted by molar-refractivity contribution is 6.31. The number of ether oxygens (including phenoxy) is 1. The van der Waals surface area contributed by atoms with Crippen LogP contribution in [0, 0.1) is 6.92 Å². The molecule has 0 radical (unpaired) electrons. The summed E-state index contributed by atoms with van der Waals surface area (Å²) in [6.07, 6.45) is -4.47. The molecule has 0 aliphatic carbocycles. The monoisotopic (exact) mass is 657 g/mol. The van der Waals surface area contributed by atoms with Crippen molar-refractivity contribution in [3.63, 3.8) is 0 Å². The average molecular weight is 658 g/mol. The molecule has 240 valence electrons. The summed E-state index contributed by atoms with van der Waals surface area (Å²) in [5.41, 5.74) is 5.47. The van der Waals surface area contributed by atoms with Crippen LogP contribution < -0.4 is 10.1 Å². The second-order valence-electron chi connectivity index (χ2n) is 11.5. The lowest BCUT2D eigenvalue weighted by Crippen LogP contribution is -2.15. The van der Waals surface area contributed by atoms with Crippen LogP contribution in [0.25, 0.3) is 22.3 Å². The summed E-state index contributed by atoms with van der Waals surface area (Å²) < 4.78 is 44.7. The molecular formula is C38H31ClF3NO4. The first-order chi connectivity index (χ1) is 22.3. The molecule has 5 nitrogen and oxygen atoms in total. The predicted molar refractivity (Wildman–Crippen MR) is 178 cm³/mol. The molecule has 2 N–H and O–H groups in total. The van der Waals surface area contributed by atoms with Gasteiger partial charge in [0.15, 0.2) is 0 Å². The van der Waals surface area contributed by atoms with E-state index in [1.165, 1.54) is 12.1 Å². The topological polar surface area (TPSA) is 75.6 Å². The molecule has 1 amide bonds. The fourth-order valence-corrected chi connectivity index (χ4v) is 5.28. The fraction of sp³-hybridized carbons (Fsp3) is 0.158. The highest BCUT2D eigenvalue weighted by Crippen LogP contribution is 2.36. The van der Waals surface area contributed by atoms with Gasteiger partial charge < -0.3 is 15.2 Å². The molecule has 0 aliphatic rings. The Morgan fingerprint density at radius 1 is 0.851 bits per heavy atom. The normalized spacial score (nSPS) is 11.4. The van der Waals surface area contributed by atoms with Crippen molar-refractivity contribution < 1.29 is 32.6 Å². The molecular weight excluding hydrogens is 627 g/mol. The van der Waals surface area contributed by atoms with Gasteiger partial charge in [0.05, 0.1) is 16.8 Å². The van der Waals surface area contributed by atoms with Gasteiger partial charge in [0.2, 0.25) is 0 Å². The van der Waals surface area contributed by atoms with Gasteiger partial charge >= 0.3 is 12.1 Å². The van der Waals surface area contributed by atoms with Crippen LogP contribution in [0.4, 0.5) is 18.9 Å². The largest absolute Gasteiger partial charge is 0.489 e. The van der Waals surface area contributed by atoms with Crippen molar-refractivity contribution in [1.29, 1.82) is 0 Å². The van der Waals surface area contributed by atoms with E-state index in [9.17, 15) is 27.9 Å². The Balaban J connectivity index is 1.36. The Bertz CT molecular complexity index is 1940. The molecule has 0 bridgehead atoms. The summed E-state index contributed by atoms with van der Waals surface area (Å²) in [4.78, 5) is 25.6. The number of carboxylic acids is 1. The van der Waals surface area contributed by atoms with Crippen molar-refractivity contribution in [3.05, 3.63) is 142 Å². The molecule has 0 unspecified atom stereocenters. The number of nitrogens with one attached hydrogen (secondary N) is 1. The van der Waals surface area contributed by atoms with Gasteiger partial charge in [-0.1, -0.05) is 74.0 Å². The second-order valence-corrected chi connectivity index (χ2v) is 11.9. The standard InChI is InChI=1S/C38H31ClF3NO4/c1-22(2)31-20-35(43-36(44)27-13-11-25(12-14-27)28-15-16-34(39)23(3)17-28)33(37(45)46)19-32(31)26-9-7-24(8-10-26)21-47-30-6-4-5-29(18-30)38(40,41)42/h4-20,22H,21H2,1-3H3,(H,43,44)(H,45,46). The summed E-state index contributed by atoms with van der Waals surface area (Å²) in [6, 6.07) is 27.8. The van der Waals surface area contributed by atoms with Crippen LogP contribution in [0.15, 0.2) is 103 Å². The zero-order valence-corrected chi connectivity index (χ0v) is 26.5. The minimum atomic E-state index is -4.47. The first kappa shape index (κ1) is 33.3. The summed E-state index contributed by atoms with van der Waals surface area (Å²) in [6.45, 7) is 5.91. The number of anilines is 1. The molecule has 0 atom stereocenters. The van der Waals surface area contributed by atoms with E-state index in [4.69, 9.17) is 16.3 Å². The first-order valence-corrected chi connectivity index (χ1v) is 15.2. The van der Waals surface area contributed by atoms with Crippen LogP contribution >= 0.6 is 11.6 Å². The van der Waals surface area contributed by atoms with Crippen molar-refractivity contribution >= 4 is 29.2 Å². The van der Waals surface area contributed by atoms with Crippen molar-refractivity contribution in [2.24, 2.45) is 0 Å². The molecule has 5 aromatic rings. The number of hydrogen-bond acceptors (Lipinski definition) is 3. The number of rotatable bonds is 9. The molecule has 0 spiro atoms. The number of aromatic carboxylic acids is 1. The number of carbonyl (C=O) groups excluding carboxylic acids is 1. The van der Waals surface area contributed by atoms with Gasteiger partial charge in [-0.05, 0) is 106 Å². The third-order valence-corrected chi connectivity index (χ3v) is 8.18. The van der Waals surface area contributed by atoms with E-state index in [2.05, 4.69) is 5.32 Å².